The van der Waals surface area contributed by atoms with Crippen LogP contribution in [0.5, 0.6) is 0 Å². The molecule has 1 saturated carbocycles. The Bertz CT molecular complexity index is 222. The van der Waals surface area contributed by atoms with Crippen molar-refractivity contribution < 1.29 is 4.79 Å². The molecule has 0 spiro atoms. The van der Waals surface area contributed by atoms with Crippen LogP contribution in [0.2, 0.25) is 0 Å². The van der Waals surface area contributed by atoms with Gasteiger partial charge in [-0.25, -0.2) is 0 Å². The fourth-order valence-corrected chi connectivity index (χ4v) is 2.57. The molecule has 0 atom stereocenters. The van der Waals surface area contributed by atoms with Crippen LogP contribution in [-0.4, -0.2) is 17.8 Å². The maximum atomic E-state index is 11.8. The van der Waals surface area contributed by atoms with Crippen molar-refractivity contribution in [1.29, 1.82) is 0 Å². The van der Waals surface area contributed by atoms with Crippen LogP contribution in [0.25, 0.3) is 0 Å². The number of rotatable bonds is 6. The van der Waals surface area contributed by atoms with E-state index < -0.39 is 0 Å². The zero-order chi connectivity index (χ0) is 12.0. The van der Waals surface area contributed by atoms with Crippen LogP contribution in [0, 0.1) is 11.3 Å². The highest BCUT2D eigenvalue weighted by Gasteiger charge is 2.24. The molecule has 16 heavy (non-hydrogen) atoms. The van der Waals surface area contributed by atoms with Gasteiger partial charge in [0.1, 0.15) is 0 Å². The number of amides is 1. The van der Waals surface area contributed by atoms with Crippen LogP contribution in [0.3, 0.4) is 0 Å². The molecule has 1 aliphatic carbocycles. The summed E-state index contributed by atoms with van der Waals surface area (Å²) < 4.78 is 0. The lowest BCUT2D eigenvalue weighted by Gasteiger charge is -2.25. The van der Waals surface area contributed by atoms with Crippen LogP contribution in [0.15, 0.2) is 0 Å². The van der Waals surface area contributed by atoms with E-state index >= 15 is 0 Å². The van der Waals surface area contributed by atoms with E-state index in [9.17, 15) is 4.79 Å². The monoisotopic (exact) mass is 289 g/mol. The highest BCUT2D eigenvalue weighted by molar-refractivity contribution is 9.09. The van der Waals surface area contributed by atoms with Gasteiger partial charge in [0.05, 0.1) is 0 Å². The minimum absolute atomic E-state index is 0.224. The summed E-state index contributed by atoms with van der Waals surface area (Å²) in [7, 11) is 0. The first kappa shape index (κ1) is 14.0. The fourth-order valence-electron chi connectivity index (χ4n) is 2.29. The van der Waals surface area contributed by atoms with Gasteiger partial charge in [0, 0.05) is 17.8 Å². The Morgan fingerprint density at radius 2 is 2.00 bits per heavy atom. The van der Waals surface area contributed by atoms with Crippen LogP contribution >= 0.6 is 15.9 Å². The zero-order valence-electron chi connectivity index (χ0n) is 10.5. The quantitative estimate of drug-likeness (QED) is 0.745. The van der Waals surface area contributed by atoms with Crippen molar-refractivity contribution in [2.75, 3.05) is 11.9 Å². The molecule has 0 heterocycles. The Balaban J connectivity index is 2.24. The Morgan fingerprint density at radius 1 is 1.38 bits per heavy atom. The molecule has 0 saturated heterocycles. The summed E-state index contributed by atoms with van der Waals surface area (Å²) in [5, 5.41) is 4.17. The Hall–Kier alpha value is -0.0500. The summed E-state index contributed by atoms with van der Waals surface area (Å²) >= 11 is 3.45. The molecule has 1 rings (SSSR count). The lowest BCUT2D eigenvalue weighted by atomic mass is 9.88. The normalized spacial score (nSPS) is 17.7. The van der Waals surface area contributed by atoms with Gasteiger partial charge in [0.15, 0.2) is 0 Å². The number of carbonyl (C=O) groups excluding carboxylic acids is 1. The van der Waals surface area contributed by atoms with Gasteiger partial charge in [0.2, 0.25) is 5.91 Å². The first-order chi connectivity index (χ1) is 7.55. The van der Waals surface area contributed by atoms with E-state index in [1.54, 1.807) is 0 Å². The first-order valence-electron chi connectivity index (χ1n) is 6.39. The minimum Gasteiger partial charge on any atom is -0.355 e. The van der Waals surface area contributed by atoms with Crippen LogP contribution in [0.4, 0.5) is 0 Å². The zero-order valence-corrected chi connectivity index (χ0v) is 12.1. The molecule has 94 valence electrons. The second-order valence-electron chi connectivity index (χ2n) is 5.66. The van der Waals surface area contributed by atoms with Gasteiger partial charge < -0.3 is 5.32 Å². The lowest BCUT2D eigenvalue weighted by Crippen LogP contribution is -2.37. The van der Waals surface area contributed by atoms with Gasteiger partial charge in [-0.1, -0.05) is 42.6 Å². The summed E-state index contributed by atoms with van der Waals surface area (Å²) in [6, 6.07) is 0. The summed E-state index contributed by atoms with van der Waals surface area (Å²) in [6.07, 6.45) is 6.97. The van der Waals surface area contributed by atoms with Gasteiger partial charge in [-0.2, -0.15) is 0 Å². The standard InChI is InChI=1S/C13H24BrNO/c1-13(2,8-5-9-14)10-15-12(16)11-6-3-4-7-11/h11H,3-10H2,1-2H3,(H,15,16). The average molecular weight is 290 g/mol. The largest absolute Gasteiger partial charge is 0.355 e. The summed E-state index contributed by atoms with van der Waals surface area (Å²) in [5.41, 5.74) is 0.224. The number of nitrogens with one attached hydrogen (secondary N) is 1. The summed E-state index contributed by atoms with van der Waals surface area (Å²) in [4.78, 5) is 11.8. The number of halogens is 1. The molecular weight excluding hydrogens is 266 g/mol. The van der Waals surface area contributed by atoms with Crippen molar-refractivity contribution in [1.82, 2.24) is 5.32 Å². The molecule has 1 N–H and O–H groups in total. The molecule has 0 aromatic carbocycles. The highest BCUT2D eigenvalue weighted by Crippen LogP contribution is 2.26. The second kappa shape index (κ2) is 6.63. The molecule has 0 aliphatic heterocycles. The predicted molar refractivity (Wildman–Crippen MR) is 71.8 cm³/mol. The third kappa shape index (κ3) is 4.86. The van der Waals surface area contributed by atoms with Crippen molar-refractivity contribution in [2.24, 2.45) is 11.3 Å². The van der Waals surface area contributed by atoms with Crippen molar-refractivity contribution in [2.45, 2.75) is 52.4 Å². The van der Waals surface area contributed by atoms with Crippen LogP contribution in [-0.2, 0) is 4.79 Å². The lowest BCUT2D eigenvalue weighted by molar-refractivity contribution is -0.125. The third-order valence-corrected chi connectivity index (χ3v) is 4.02. The van der Waals surface area contributed by atoms with Gasteiger partial charge in [-0.3, -0.25) is 4.79 Å². The average Bonchev–Trinajstić information content (AvgIpc) is 2.77. The maximum absolute atomic E-state index is 11.8. The highest BCUT2D eigenvalue weighted by atomic mass is 79.9. The second-order valence-corrected chi connectivity index (χ2v) is 6.45. The predicted octanol–water partition coefficient (Wildman–Crippen LogP) is 3.49. The molecule has 0 aromatic rings. The Morgan fingerprint density at radius 3 is 2.56 bits per heavy atom. The number of hydrogen-bond donors (Lipinski definition) is 1. The smallest absolute Gasteiger partial charge is 0.223 e. The SMILES string of the molecule is CC(C)(CCCBr)CNC(=O)C1CCCC1. The number of hydrogen-bond acceptors (Lipinski definition) is 1. The van der Waals surface area contributed by atoms with E-state index in [1.165, 1.54) is 19.3 Å². The Labute approximate surface area is 108 Å². The van der Waals surface area contributed by atoms with E-state index in [0.29, 0.717) is 5.92 Å². The number of carbonyl (C=O) groups is 1. The molecule has 0 aromatic heterocycles. The first-order valence-corrected chi connectivity index (χ1v) is 7.51. The topological polar surface area (TPSA) is 29.1 Å². The van der Waals surface area contributed by atoms with Crippen LogP contribution < -0.4 is 5.32 Å². The van der Waals surface area contributed by atoms with E-state index in [2.05, 4.69) is 35.1 Å². The molecule has 3 heteroatoms. The van der Waals surface area contributed by atoms with Crippen molar-refractivity contribution >= 4 is 21.8 Å². The molecule has 0 unspecified atom stereocenters. The van der Waals surface area contributed by atoms with Gasteiger partial charge in [0.25, 0.3) is 0 Å². The van der Waals surface area contributed by atoms with Crippen molar-refractivity contribution in [3.63, 3.8) is 0 Å². The number of alkyl halides is 1. The fraction of sp³-hybridized carbons (Fsp3) is 0.923. The summed E-state index contributed by atoms with van der Waals surface area (Å²) in [5.74, 6) is 0.580. The van der Waals surface area contributed by atoms with Crippen molar-refractivity contribution in [3.05, 3.63) is 0 Å². The molecule has 2 nitrogen and oxygen atoms in total. The summed E-state index contributed by atoms with van der Waals surface area (Å²) in [6.45, 7) is 5.27. The molecular formula is C13H24BrNO. The molecule has 1 fully saturated rings. The molecule has 0 bridgehead atoms. The van der Waals surface area contributed by atoms with Crippen molar-refractivity contribution in [3.8, 4) is 0 Å². The van der Waals surface area contributed by atoms with Crippen LogP contribution in [0.1, 0.15) is 52.4 Å². The van der Waals surface area contributed by atoms with E-state index in [4.69, 9.17) is 0 Å². The molecule has 0 radical (unpaired) electrons. The maximum Gasteiger partial charge on any atom is 0.223 e. The molecule has 1 aliphatic rings. The minimum atomic E-state index is 0.224. The van der Waals surface area contributed by atoms with Gasteiger partial charge in [-0.05, 0) is 31.1 Å². The van der Waals surface area contributed by atoms with E-state index in [-0.39, 0.29) is 11.3 Å². The third-order valence-electron chi connectivity index (χ3n) is 3.45. The van der Waals surface area contributed by atoms with E-state index in [0.717, 1.165) is 31.1 Å². The molecule has 1 amide bonds. The van der Waals surface area contributed by atoms with E-state index in [1.807, 2.05) is 0 Å². The van der Waals surface area contributed by atoms with Gasteiger partial charge in [-0.15, -0.1) is 0 Å². The Kier molecular flexibility index (Phi) is 5.81. The van der Waals surface area contributed by atoms with Gasteiger partial charge >= 0.3 is 0 Å².